The highest BCUT2D eigenvalue weighted by atomic mass is 79.9. The van der Waals surface area contributed by atoms with Gasteiger partial charge in [0.25, 0.3) is 0 Å². The maximum Gasteiger partial charge on any atom is 0.246 e. The molecule has 1 heterocycles. The second-order valence-corrected chi connectivity index (χ2v) is 6.98. The Morgan fingerprint density at radius 2 is 2.24 bits per heavy atom. The molecule has 0 atom stereocenters. The molecule has 0 saturated heterocycles. The van der Waals surface area contributed by atoms with Crippen molar-refractivity contribution in [2.75, 3.05) is 13.6 Å². The summed E-state index contributed by atoms with van der Waals surface area (Å²) in [5, 5.41) is 9.60. The Labute approximate surface area is 114 Å². The van der Waals surface area contributed by atoms with Crippen molar-refractivity contribution in [3.8, 4) is 0 Å². The maximum atomic E-state index is 11.7. The minimum Gasteiger partial charge on any atom is -0.389 e. The van der Waals surface area contributed by atoms with Crippen LogP contribution >= 0.6 is 27.3 Å². The van der Waals surface area contributed by atoms with Crippen molar-refractivity contribution in [2.24, 2.45) is 0 Å². The van der Waals surface area contributed by atoms with Gasteiger partial charge in [-0.2, -0.15) is 0 Å². The van der Waals surface area contributed by atoms with Gasteiger partial charge in [-0.05, 0) is 48.0 Å². The topological polar surface area (TPSA) is 40.5 Å². The van der Waals surface area contributed by atoms with Crippen molar-refractivity contribution >= 4 is 39.2 Å². The van der Waals surface area contributed by atoms with E-state index in [9.17, 15) is 9.90 Å². The minimum absolute atomic E-state index is 0.114. The van der Waals surface area contributed by atoms with Crippen molar-refractivity contribution in [1.29, 1.82) is 0 Å². The number of likely N-dealkylation sites (N-methyl/N-ethyl adjacent to an activating group) is 1. The van der Waals surface area contributed by atoms with Crippen LogP contribution in [-0.4, -0.2) is 35.1 Å². The molecule has 17 heavy (non-hydrogen) atoms. The summed E-state index contributed by atoms with van der Waals surface area (Å²) in [5.41, 5.74) is -0.871. The fourth-order valence-corrected chi connectivity index (χ4v) is 2.68. The van der Waals surface area contributed by atoms with Crippen molar-refractivity contribution in [3.05, 3.63) is 26.9 Å². The van der Waals surface area contributed by atoms with Gasteiger partial charge in [-0.25, -0.2) is 0 Å². The molecule has 0 aliphatic heterocycles. The van der Waals surface area contributed by atoms with E-state index in [1.807, 2.05) is 12.1 Å². The van der Waals surface area contributed by atoms with E-state index < -0.39 is 5.60 Å². The zero-order valence-electron chi connectivity index (χ0n) is 10.1. The molecule has 1 amide bonds. The molecule has 0 spiro atoms. The zero-order chi connectivity index (χ0) is 13.1. The Hall–Kier alpha value is -0.650. The Kier molecular flexibility index (Phi) is 4.91. The highest BCUT2D eigenvalue weighted by Crippen LogP contribution is 2.23. The van der Waals surface area contributed by atoms with Crippen LogP contribution in [0.15, 0.2) is 22.0 Å². The van der Waals surface area contributed by atoms with Crippen LogP contribution in [0.25, 0.3) is 6.08 Å². The first-order valence-corrected chi connectivity index (χ1v) is 6.80. The summed E-state index contributed by atoms with van der Waals surface area (Å²) in [7, 11) is 1.68. The molecule has 0 fully saturated rings. The van der Waals surface area contributed by atoms with E-state index in [2.05, 4.69) is 15.9 Å². The molecule has 1 aromatic heterocycles. The first-order valence-electron chi connectivity index (χ1n) is 5.19. The summed E-state index contributed by atoms with van der Waals surface area (Å²) in [4.78, 5) is 14.2. The monoisotopic (exact) mass is 317 g/mol. The van der Waals surface area contributed by atoms with E-state index in [1.54, 1.807) is 38.3 Å². The van der Waals surface area contributed by atoms with Gasteiger partial charge in [0.1, 0.15) is 0 Å². The molecule has 0 saturated carbocycles. The van der Waals surface area contributed by atoms with Gasteiger partial charge in [-0.15, -0.1) is 11.3 Å². The summed E-state index contributed by atoms with van der Waals surface area (Å²) in [5.74, 6) is -0.114. The van der Waals surface area contributed by atoms with Gasteiger partial charge in [-0.1, -0.05) is 0 Å². The maximum absolute atomic E-state index is 11.7. The van der Waals surface area contributed by atoms with E-state index in [1.165, 1.54) is 11.0 Å². The molecule has 0 aliphatic rings. The van der Waals surface area contributed by atoms with Crippen LogP contribution in [0.5, 0.6) is 0 Å². The van der Waals surface area contributed by atoms with Gasteiger partial charge in [-0.3, -0.25) is 4.79 Å². The standard InChI is InChI=1S/C12H16BrNO2S/c1-12(2,16)8-14(3)11(15)7-5-9-4-6-10(13)17-9/h4-7,16H,8H2,1-3H3. The molecule has 0 aromatic carbocycles. The van der Waals surface area contributed by atoms with Crippen LogP contribution in [-0.2, 0) is 4.79 Å². The highest BCUT2D eigenvalue weighted by molar-refractivity contribution is 9.11. The summed E-state index contributed by atoms with van der Waals surface area (Å²) in [6.45, 7) is 3.66. The molecule has 1 aromatic rings. The quantitative estimate of drug-likeness (QED) is 0.867. The summed E-state index contributed by atoms with van der Waals surface area (Å²) < 4.78 is 1.04. The molecular formula is C12H16BrNO2S. The van der Waals surface area contributed by atoms with E-state index in [0.717, 1.165) is 8.66 Å². The summed E-state index contributed by atoms with van der Waals surface area (Å²) in [6, 6.07) is 3.88. The molecule has 0 aliphatic carbocycles. The van der Waals surface area contributed by atoms with Gasteiger partial charge in [0, 0.05) is 24.5 Å². The third-order valence-electron chi connectivity index (χ3n) is 1.98. The SMILES string of the molecule is CN(CC(C)(C)O)C(=O)C=Cc1ccc(Br)s1. The molecule has 0 radical (unpaired) electrons. The fraction of sp³-hybridized carbons (Fsp3) is 0.417. The van der Waals surface area contributed by atoms with Gasteiger partial charge in [0.05, 0.1) is 9.39 Å². The lowest BCUT2D eigenvalue weighted by molar-refractivity contribution is -0.127. The van der Waals surface area contributed by atoms with E-state index in [-0.39, 0.29) is 5.91 Å². The lowest BCUT2D eigenvalue weighted by atomic mass is 10.1. The number of thiophene rings is 1. The van der Waals surface area contributed by atoms with Gasteiger partial charge >= 0.3 is 0 Å². The molecule has 1 N–H and O–H groups in total. The predicted octanol–water partition coefficient (Wildman–Crippen LogP) is 2.75. The molecular weight excluding hydrogens is 302 g/mol. The molecule has 3 nitrogen and oxygen atoms in total. The average molecular weight is 318 g/mol. The second kappa shape index (κ2) is 5.80. The number of aliphatic hydroxyl groups is 1. The largest absolute Gasteiger partial charge is 0.389 e. The fourth-order valence-electron chi connectivity index (χ4n) is 1.36. The summed E-state index contributed by atoms with van der Waals surface area (Å²) >= 11 is 4.93. The number of hydrogen-bond acceptors (Lipinski definition) is 3. The second-order valence-electron chi connectivity index (χ2n) is 4.48. The van der Waals surface area contributed by atoms with E-state index in [0.29, 0.717) is 6.54 Å². The Morgan fingerprint density at radius 3 is 2.71 bits per heavy atom. The number of carbonyl (C=O) groups is 1. The first kappa shape index (κ1) is 14.4. The van der Waals surface area contributed by atoms with Crippen molar-refractivity contribution in [2.45, 2.75) is 19.4 Å². The number of carbonyl (C=O) groups excluding carboxylic acids is 1. The number of rotatable bonds is 4. The lowest BCUT2D eigenvalue weighted by Crippen LogP contribution is -2.38. The zero-order valence-corrected chi connectivity index (χ0v) is 12.5. The lowest BCUT2D eigenvalue weighted by Gasteiger charge is -2.24. The molecule has 1 rings (SSSR count). The van der Waals surface area contributed by atoms with Crippen LogP contribution in [0.2, 0.25) is 0 Å². The molecule has 5 heteroatoms. The van der Waals surface area contributed by atoms with Crippen molar-refractivity contribution < 1.29 is 9.90 Å². The van der Waals surface area contributed by atoms with E-state index in [4.69, 9.17) is 0 Å². The average Bonchev–Trinajstić information content (AvgIpc) is 2.58. The Bertz CT molecular complexity index is 420. The number of amides is 1. The van der Waals surface area contributed by atoms with Gasteiger partial charge in [0.15, 0.2) is 0 Å². The van der Waals surface area contributed by atoms with E-state index >= 15 is 0 Å². The van der Waals surface area contributed by atoms with Crippen molar-refractivity contribution in [3.63, 3.8) is 0 Å². The normalized spacial score (nSPS) is 12.1. The third kappa shape index (κ3) is 5.48. The highest BCUT2D eigenvalue weighted by Gasteiger charge is 2.17. The van der Waals surface area contributed by atoms with Crippen LogP contribution in [0.4, 0.5) is 0 Å². The molecule has 94 valence electrons. The number of hydrogen-bond donors (Lipinski definition) is 1. The Balaban J connectivity index is 2.57. The van der Waals surface area contributed by atoms with Crippen LogP contribution in [0.3, 0.4) is 0 Å². The van der Waals surface area contributed by atoms with Gasteiger partial charge in [0.2, 0.25) is 5.91 Å². The summed E-state index contributed by atoms with van der Waals surface area (Å²) in [6.07, 6.45) is 3.29. The first-order chi connectivity index (χ1) is 7.78. The third-order valence-corrected chi connectivity index (χ3v) is 3.57. The van der Waals surface area contributed by atoms with Crippen molar-refractivity contribution in [1.82, 2.24) is 4.90 Å². The predicted molar refractivity (Wildman–Crippen MR) is 75.0 cm³/mol. The Morgan fingerprint density at radius 1 is 1.59 bits per heavy atom. The van der Waals surface area contributed by atoms with Crippen LogP contribution in [0, 0.1) is 0 Å². The minimum atomic E-state index is -0.871. The van der Waals surface area contributed by atoms with Crippen LogP contribution in [0.1, 0.15) is 18.7 Å². The number of halogens is 1. The molecule has 0 unspecified atom stereocenters. The van der Waals surface area contributed by atoms with Crippen LogP contribution < -0.4 is 0 Å². The number of nitrogens with zero attached hydrogens (tertiary/aromatic N) is 1. The smallest absolute Gasteiger partial charge is 0.246 e. The molecule has 0 bridgehead atoms. The van der Waals surface area contributed by atoms with Gasteiger partial charge < -0.3 is 10.0 Å².